The van der Waals surface area contributed by atoms with Gasteiger partial charge in [-0.05, 0) is 36.1 Å². The van der Waals surface area contributed by atoms with Crippen molar-refractivity contribution in [2.24, 2.45) is 5.92 Å². The van der Waals surface area contributed by atoms with Crippen molar-refractivity contribution in [1.82, 2.24) is 9.21 Å². The van der Waals surface area contributed by atoms with Crippen LogP contribution in [0, 0.1) is 5.92 Å². The number of piperidine rings is 1. The molecule has 32 heavy (non-hydrogen) atoms. The zero-order valence-corrected chi connectivity index (χ0v) is 19.5. The molecule has 4 rings (SSSR count). The van der Waals surface area contributed by atoms with Crippen molar-refractivity contribution in [2.45, 2.75) is 43.7 Å². The minimum absolute atomic E-state index is 0.161. The normalized spacial score (nSPS) is 18.9. The zero-order chi connectivity index (χ0) is 22.8. The first-order valence-electron chi connectivity index (χ1n) is 11.2. The Hall–Kier alpha value is -2.42. The van der Waals surface area contributed by atoms with Gasteiger partial charge in [-0.15, -0.1) is 0 Å². The molecule has 2 aliphatic heterocycles. The molecule has 8 heteroatoms. The van der Waals surface area contributed by atoms with E-state index in [1.54, 1.807) is 35.2 Å². The number of hydrogen-bond donors (Lipinski definition) is 1. The summed E-state index contributed by atoms with van der Waals surface area (Å²) in [6, 6.07) is 16.2. The number of ether oxygens (including phenoxy) is 1. The van der Waals surface area contributed by atoms with E-state index in [4.69, 9.17) is 4.74 Å². The van der Waals surface area contributed by atoms with Crippen LogP contribution in [0.4, 0.5) is 10.5 Å². The van der Waals surface area contributed by atoms with Gasteiger partial charge in [0.05, 0.1) is 11.5 Å². The van der Waals surface area contributed by atoms with Crippen molar-refractivity contribution in [3.05, 3.63) is 60.2 Å². The summed E-state index contributed by atoms with van der Waals surface area (Å²) < 4.78 is 34.0. The number of urea groups is 1. The highest BCUT2D eigenvalue weighted by molar-refractivity contribution is 7.89. The van der Waals surface area contributed by atoms with Gasteiger partial charge in [0.25, 0.3) is 0 Å². The SMILES string of the molecule is CC(C)Cc1ccccc1NC(=O)N1CCC2(CC1)OCCN2S(=O)(=O)c1ccccc1. The lowest BCUT2D eigenvalue weighted by Gasteiger charge is -2.42. The number of sulfonamides is 1. The van der Waals surface area contributed by atoms with Crippen LogP contribution >= 0.6 is 0 Å². The van der Waals surface area contributed by atoms with Gasteiger partial charge in [-0.25, -0.2) is 13.2 Å². The molecular formula is C24H31N3O4S. The highest BCUT2D eigenvalue weighted by atomic mass is 32.2. The standard InChI is InChI=1S/C24H31N3O4S/c1-19(2)18-20-8-6-7-11-22(20)25-23(28)26-14-12-24(13-15-26)27(16-17-31-24)32(29,30)21-9-4-3-5-10-21/h3-11,19H,12-18H2,1-2H3,(H,25,28). The second kappa shape index (κ2) is 9.21. The highest BCUT2D eigenvalue weighted by Gasteiger charge is 2.51. The molecule has 2 heterocycles. The number of likely N-dealkylation sites (tertiary alicyclic amines) is 1. The fraction of sp³-hybridized carbons (Fsp3) is 0.458. The summed E-state index contributed by atoms with van der Waals surface area (Å²) in [6.45, 7) is 5.85. The van der Waals surface area contributed by atoms with Crippen LogP contribution in [-0.4, -0.2) is 55.6 Å². The molecule has 2 fully saturated rings. The Bertz CT molecular complexity index is 1050. The number of benzene rings is 2. The Morgan fingerprint density at radius 3 is 2.38 bits per heavy atom. The first-order chi connectivity index (χ1) is 15.3. The number of hydrogen-bond acceptors (Lipinski definition) is 4. The van der Waals surface area contributed by atoms with E-state index in [1.807, 2.05) is 24.3 Å². The molecule has 2 aromatic carbocycles. The van der Waals surface area contributed by atoms with E-state index in [2.05, 4.69) is 19.2 Å². The Morgan fingerprint density at radius 2 is 1.69 bits per heavy atom. The third-order valence-electron chi connectivity index (χ3n) is 6.17. The Morgan fingerprint density at radius 1 is 1.03 bits per heavy atom. The maximum Gasteiger partial charge on any atom is 0.321 e. The first-order valence-corrected chi connectivity index (χ1v) is 12.6. The van der Waals surface area contributed by atoms with Crippen molar-refractivity contribution >= 4 is 21.7 Å². The molecule has 2 saturated heterocycles. The Labute approximate surface area is 190 Å². The van der Waals surface area contributed by atoms with Gasteiger partial charge in [-0.3, -0.25) is 0 Å². The van der Waals surface area contributed by atoms with Gasteiger partial charge >= 0.3 is 6.03 Å². The minimum atomic E-state index is -3.66. The van der Waals surface area contributed by atoms with Crippen LogP contribution in [0.5, 0.6) is 0 Å². The third kappa shape index (κ3) is 4.53. The lowest BCUT2D eigenvalue weighted by Crippen LogP contribution is -2.56. The van der Waals surface area contributed by atoms with E-state index in [0.717, 1.165) is 17.7 Å². The minimum Gasteiger partial charge on any atom is -0.358 e. The van der Waals surface area contributed by atoms with Crippen molar-refractivity contribution in [3.63, 3.8) is 0 Å². The molecule has 0 radical (unpaired) electrons. The number of para-hydroxylation sites is 1. The van der Waals surface area contributed by atoms with E-state index < -0.39 is 15.7 Å². The fourth-order valence-corrected chi connectivity index (χ4v) is 6.30. The molecule has 0 atom stereocenters. The monoisotopic (exact) mass is 457 g/mol. The zero-order valence-electron chi connectivity index (χ0n) is 18.7. The third-order valence-corrected chi connectivity index (χ3v) is 8.13. The van der Waals surface area contributed by atoms with Crippen LogP contribution in [0.15, 0.2) is 59.5 Å². The van der Waals surface area contributed by atoms with E-state index in [1.165, 1.54) is 4.31 Å². The maximum atomic E-state index is 13.2. The molecule has 2 amide bonds. The molecule has 1 spiro atoms. The molecule has 2 aromatic rings. The van der Waals surface area contributed by atoms with Crippen molar-refractivity contribution in [1.29, 1.82) is 0 Å². The first kappa shape index (κ1) is 22.8. The van der Waals surface area contributed by atoms with E-state index in [-0.39, 0.29) is 10.9 Å². The van der Waals surface area contributed by atoms with Crippen LogP contribution < -0.4 is 5.32 Å². The summed E-state index contributed by atoms with van der Waals surface area (Å²) in [5.41, 5.74) is 1.06. The molecule has 0 bridgehead atoms. The lowest BCUT2D eigenvalue weighted by molar-refractivity contribution is -0.0840. The average molecular weight is 458 g/mol. The van der Waals surface area contributed by atoms with E-state index in [9.17, 15) is 13.2 Å². The number of anilines is 1. The molecule has 2 aliphatic rings. The number of rotatable bonds is 5. The summed E-state index contributed by atoms with van der Waals surface area (Å²) in [5, 5.41) is 3.05. The van der Waals surface area contributed by atoms with E-state index >= 15 is 0 Å². The molecule has 1 N–H and O–H groups in total. The van der Waals surface area contributed by atoms with Crippen molar-refractivity contribution in [3.8, 4) is 0 Å². The van der Waals surface area contributed by atoms with Crippen LogP contribution in [0.25, 0.3) is 0 Å². The molecule has 0 aliphatic carbocycles. The Balaban J connectivity index is 1.44. The van der Waals surface area contributed by atoms with Gasteiger partial charge in [0, 0.05) is 38.2 Å². The van der Waals surface area contributed by atoms with Crippen LogP contribution in [0.3, 0.4) is 0 Å². The van der Waals surface area contributed by atoms with Gasteiger partial charge in [0.2, 0.25) is 10.0 Å². The molecule has 0 saturated carbocycles. The number of carbonyl (C=O) groups is 1. The average Bonchev–Trinajstić information content (AvgIpc) is 3.19. The molecule has 0 aromatic heterocycles. The van der Waals surface area contributed by atoms with Crippen LogP contribution in [0.1, 0.15) is 32.3 Å². The molecule has 7 nitrogen and oxygen atoms in total. The summed E-state index contributed by atoms with van der Waals surface area (Å²) in [7, 11) is -3.66. The number of nitrogens with zero attached hydrogens (tertiary/aromatic N) is 2. The van der Waals surface area contributed by atoms with Gasteiger partial charge in [0.1, 0.15) is 5.72 Å². The summed E-state index contributed by atoms with van der Waals surface area (Å²) in [5.74, 6) is 0.486. The molecule has 0 unspecified atom stereocenters. The maximum absolute atomic E-state index is 13.2. The fourth-order valence-electron chi connectivity index (χ4n) is 4.56. The number of carbonyl (C=O) groups excluding carboxylic acids is 1. The molecular weight excluding hydrogens is 426 g/mol. The van der Waals surface area contributed by atoms with Gasteiger partial charge in [-0.1, -0.05) is 50.2 Å². The number of nitrogens with one attached hydrogen (secondary N) is 1. The topological polar surface area (TPSA) is 79.0 Å². The lowest BCUT2D eigenvalue weighted by atomic mass is 10.0. The quantitative estimate of drug-likeness (QED) is 0.738. The van der Waals surface area contributed by atoms with Gasteiger partial charge < -0.3 is 15.0 Å². The summed E-state index contributed by atoms with van der Waals surface area (Å²) >= 11 is 0. The predicted molar refractivity (Wildman–Crippen MR) is 124 cm³/mol. The predicted octanol–water partition coefficient (Wildman–Crippen LogP) is 3.93. The van der Waals surface area contributed by atoms with E-state index in [0.29, 0.717) is 45.0 Å². The van der Waals surface area contributed by atoms with Crippen LogP contribution in [-0.2, 0) is 21.2 Å². The summed E-state index contributed by atoms with van der Waals surface area (Å²) in [6.07, 6.45) is 1.78. The van der Waals surface area contributed by atoms with Gasteiger partial charge in [0.15, 0.2) is 0 Å². The largest absolute Gasteiger partial charge is 0.358 e. The summed E-state index contributed by atoms with van der Waals surface area (Å²) in [4.78, 5) is 15.0. The molecule has 172 valence electrons. The Kier molecular flexibility index (Phi) is 6.55. The van der Waals surface area contributed by atoms with Crippen LogP contribution in [0.2, 0.25) is 0 Å². The second-order valence-electron chi connectivity index (χ2n) is 8.86. The van der Waals surface area contributed by atoms with Gasteiger partial charge in [-0.2, -0.15) is 4.31 Å². The highest BCUT2D eigenvalue weighted by Crippen LogP contribution is 2.38. The smallest absolute Gasteiger partial charge is 0.321 e. The van der Waals surface area contributed by atoms with Crippen molar-refractivity contribution in [2.75, 3.05) is 31.6 Å². The number of amides is 2. The second-order valence-corrected chi connectivity index (χ2v) is 10.7. The van der Waals surface area contributed by atoms with Crippen molar-refractivity contribution < 1.29 is 17.9 Å².